The molecule has 0 radical (unpaired) electrons. The minimum absolute atomic E-state index is 0.332. The molecule has 0 spiro atoms. The van der Waals surface area contributed by atoms with E-state index in [1.807, 2.05) is 19.1 Å². The maximum atomic E-state index is 12.8. The molecule has 35 heavy (non-hydrogen) atoms. The second-order valence-electron chi connectivity index (χ2n) is 8.37. The number of benzene rings is 2. The molecule has 1 heterocycles. The molecule has 4 aromatic rings. The Bertz CT molecular complexity index is 1340. The van der Waals surface area contributed by atoms with E-state index in [9.17, 15) is 23.1 Å². The molecule has 9 heteroatoms. The molecule has 0 saturated heterocycles. The largest absolute Gasteiger partial charge is 0.486 e. The van der Waals surface area contributed by atoms with E-state index in [-0.39, 0.29) is 6.10 Å². The molecule has 1 N–H and O–H groups in total. The zero-order chi connectivity index (χ0) is 25.4. The third kappa shape index (κ3) is 5.01. The lowest BCUT2D eigenvalue weighted by Crippen LogP contribution is -2.37. The van der Waals surface area contributed by atoms with Crippen LogP contribution in [0, 0.1) is 12.1 Å². The first-order valence-corrected chi connectivity index (χ1v) is 10.6. The summed E-state index contributed by atoms with van der Waals surface area (Å²) in [6.45, 7) is 4.79. The highest BCUT2D eigenvalue weighted by Crippen LogP contribution is 2.31. The highest BCUT2D eigenvalue weighted by Gasteiger charge is 2.31. The van der Waals surface area contributed by atoms with E-state index in [0.29, 0.717) is 22.7 Å². The van der Waals surface area contributed by atoms with Gasteiger partial charge in [0.2, 0.25) is 0 Å². The monoisotopic (exact) mass is 482 g/mol. The molecule has 1 aromatic heterocycles. The number of hydrogen-bond donors (Lipinski definition) is 1. The van der Waals surface area contributed by atoms with Crippen LogP contribution in [-0.2, 0) is 11.0 Å². The Morgan fingerprint density at radius 3 is 2.31 bits per heavy atom. The standard InChI is InChI=1S/C26H21F3N2O4/c1-16(34-19-11-13-20(14-12-19)35-25(2,3)24(32)33)21-5-4-6-23-22(21)15-30-31(23)18-9-7-17(8-10-18)26(27,28)29/h4-7,9,11-16H,1-3H3,(H,32,33). The molecule has 1 atom stereocenters. The van der Waals surface area contributed by atoms with Crippen LogP contribution >= 0.6 is 0 Å². The Labute approximate surface area is 199 Å². The summed E-state index contributed by atoms with van der Waals surface area (Å²) in [5.41, 5.74) is -0.422. The number of aliphatic carboxylic acids is 1. The number of hydrogen-bond acceptors (Lipinski definition) is 4. The summed E-state index contributed by atoms with van der Waals surface area (Å²) in [7, 11) is 0. The highest BCUT2D eigenvalue weighted by molar-refractivity contribution is 5.84. The van der Waals surface area contributed by atoms with E-state index in [1.54, 1.807) is 36.5 Å². The lowest BCUT2D eigenvalue weighted by molar-refractivity contribution is -0.152. The molecule has 0 bridgehead atoms. The summed E-state index contributed by atoms with van der Waals surface area (Å²) in [5, 5.41) is 14.3. The normalized spacial score (nSPS) is 12.7. The van der Waals surface area contributed by atoms with E-state index >= 15 is 0 Å². The Kier molecular flexibility index (Phi) is 6.07. The van der Waals surface area contributed by atoms with Crippen molar-refractivity contribution in [2.45, 2.75) is 38.7 Å². The van der Waals surface area contributed by atoms with E-state index in [4.69, 9.17) is 9.47 Å². The average molecular weight is 482 g/mol. The van der Waals surface area contributed by atoms with Crippen molar-refractivity contribution in [2.75, 3.05) is 0 Å². The van der Waals surface area contributed by atoms with Crippen molar-refractivity contribution in [3.05, 3.63) is 84.1 Å². The first kappa shape index (κ1) is 24.0. The lowest BCUT2D eigenvalue weighted by atomic mass is 10.1. The molecule has 3 aromatic carbocycles. The molecule has 6 nitrogen and oxygen atoms in total. The SMILES string of the molecule is CC(Oc1ccc(OC(C)(C)C(=O)O)cc1)c1cccc2c1cnn2-c1c#cc(C(F)(F)F)cc1. The number of halogens is 3. The smallest absolute Gasteiger partial charge is 0.424 e. The van der Waals surface area contributed by atoms with Crippen LogP contribution in [0.15, 0.2) is 60.8 Å². The van der Waals surface area contributed by atoms with Gasteiger partial charge < -0.3 is 14.6 Å². The number of ether oxygens (including phenoxy) is 2. The molecule has 0 fully saturated rings. The summed E-state index contributed by atoms with van der Waals surface area (Å²) < 4.78 is 51.6. The first-order chi connectivity index (χ1) is 16.5. The number of carbonyl (C=O) groups is 1. The number of carboxylic acid groups (broad SMARTS) is 1. The molecule has 4 rings (SSSR count). The van der Waals surface area contributed by atoms with Crippen LogP contribution in [0.3, 0.4) is 0 Å². The quantitative estimate of drug-likeness (QED) is 0.348. The van der Waals surface area contributed by atoms with E-state index < -0.39 is 23.3 Å². The summed E-state index contributed by atoms with van der Waals surface area (Å²) >= 11 is 0. The van der Waals surface area contributed by atoms with Crippen LogP contribution in [0.1, 0.15) is 38.0 Å². The molecule has 0 aliphatic heterocycles. The van der Waals surface area contributed by atoms with Gasteiger partial charge in [0.05, 0.1) is 11.7 Å². The Balaban J connectivity index is 1.55. The predicted molar refractivity (Wildman–Crippen MR) is 122 cm³/mol. The zero-order valence-corrected chi connectivity index (χ0v) is 19.1. The lowest BCUT2D eigenvalue weighted by Gasteiger charge is -2.22. The van der Waals surface area contributed by atoms with Crippen molar-refractivity contribution in [1.29, 1.82) is 0 Å². The van der Waals surface area contributed by atoms with Gasteiger partial charge in [0, 0.05) is 10.9 Å². The van der Waals surface area contributed by atoms with Crippen LogP contribution in [0.25, 0.3) is 16.6 Å². The zero-order valence-electron chi connectivity index (χ0n) is 19.1. The fourth-order valence-electron chi connectivity index (χ4n) is 3.48. The van der Waals surface area contributed by atoms with E-state index in [2.05, 4.69) is 17.2 Å². The fourth-order valence-corrected chi connectivity index (χ4v) is 3.48. The van der Waals surface area contributed by atoms with Crippen LogP contribution in [0.4, 0.5) is 13.2 Å². The van der Waals surface area contributed by atoms with Gasteiger partial charge in [-0.2, -0.15) is 18.3 Å². The van der Waals surface area contributed by atoms with Crippen LogP contribution < -0.4 is 9.47 Å². The average Bonchev–Trinajstić information content (AvgIpc) is 3.24. The van der Waals surface area contributed by atoms with Crippen LogP contribution in [-0.4, -0.2) is 26.5 Å². The fraction of sp³-hybridized carbons (Fsp3) is 0.231. The summed E-state index contributed by atoms with van der Waals surface area (Å²) in [6, 6.07) is 19.0. The van der Waals surface area contributed by atoms with Gasteiger partial charge in [-0.15, -0.1) is 0 Å². The molecule has 0 saturated carbocycles. The predicted octanol–water partition coefficient (Wildman–Crippen LogP) is 6.03. The maximum Gasteiger partial charge on any atom is 0.424 e. The minimum Gasteiger partial charge on any atom is -0.486 e. The van der Waals surface area contributed by atoms with Gasteiger partial charge in [-0.05, 0) is 69.3 Å². The molecule has 180 valence electrons. The number of rotatable bonds is 7. The highest BCUT2D eigenvalue weighted by atomic mass is 19.4. The molecule has 0 aliphatic rings. The Morgan fingerprint density at radius 2 is 1.71 bits per heavy atom. The van der Waals surface area contributed by atoms with Crippen LogP contribution in [0.2, 0.25) is 0 Å². The summed E-state index contributed by atoms with van der Waals surface area (Å²) in [4.78, 5) is 11.2. The van der Waals surface area contributed by atoms with Crippen molar-refractivity contribution in [2.24, 2.45) is 0 Å². The van der Waals surface area contributed by atoms with Crippen molar-refractivity contribution in [3.8, 4) is 17.2 Å². The molecule has 1 unspecified atom stereocenters. The Hall–Kier alpha value is -4.19. The van der Waals surface area contributed by atoms with Gasteiger partial charge in [-0.25, -0.2) is 9.48 Å². The Morgan fingerprint density at radius 1 is 1.03 bits per heavy atom. The molecule has 0 aliphatic carbocycles. The van der Waals surface area contributed by atoms with Crippen LogP contribution in [0.5, 0.6) is 11.5 Å². The third-order valence-corrected chi connectivity index (χ3v) is 5.38. The third-order valence-electron chi connectivity index (χ3n) is 5.38. The van der Waals surface area contributed by atoms with Crippen molar-refractivity contribution in [1.82, 2.24) is 9.78 Å². The van der Waals surface area contributed by atoms with Gasteiger partial charge in [0.15, 0.2) is 5.60 Å². The second kappa shape index (κ2) is 8.87. The number of carboxylic acids is 1. The van der Waals surface area contributed by atoms with Gasteiger partial charge in [-0.3, -0.25) is 0 Å². The first-order valence-electron chi connectivity index (χ1n) is 10.6. The van der Waals surface area contributed by atoms with Gasteiger partial charge >= 0.3 is 12.1 Å². The maximum absolute atomic E-state index is 12.8. The topological polar surface area (TPSA) is 73.6 Å². The van der Waals surface area contributed by atoms with Gasteiger partial charge in [0.25, 0.3) is 0 Å². The van der Waals surface area contributed by atoms with Gasteiger partial charge in [-0.1, -0.05) is 18.2 Å². The van der Waals surface area contributed by atoms with Crippen molar-refractivity contribution < 1.29 is 32.5 Å². The summed E-state index contributed by atoms with van der Waals surface area (Å²) in [6.07, 6.45) is -3.25. The second-order valence-corrected chi connectivity index (χ2v) is 8.37. The number of nitrogens with zero attached hydrogens (tertiary/aromatic N) is 2. The molecular formula is C26H21F3N2O4. The van der Waals surface area contributed by atoms with E-state index in [1.165, 1.54) is 24.6 Å². The molecule has 0 amide bonds. The van der Waals surface area contributed by atoms with Crippen molar-refractivity contribution in [3.63, 3.8) is 0 Å². The number of fused-ring (bicyclic) bond motifs is 1. The number of alkyl halides is 3. The van der Waals surface area contributed by atoms with Gasteiger partial charge in [0.1, 0.15) is 28.9 Å². The van der Waals surface area contributed by atoms with Crippen molar-refractivity contribution >= 4 is 16.9 Å². The molecular weight excluding hydrogens is 461 g/mol. The number of aromatic nitrogens is 2. The minimum atomic E-state index is -4.49. The summed E-state index contributed by atoms with van der Waals surface area (Å²) in [5.74, 6) is -0.134. The van der Waals surface area contributed by atoms with E-state index in [0.717, 1.165) is 17.0 Å².